The SMILES string of the molecule is COc1cc(-c2nn(-c3ccccc3)c(OC(C)=O)c2-c2ccc(NC(=O)c3ccc(Cl)cc3)cc2)cc(OC)c1OC. The molecule has 5 aromatic rings. The van der Waals surface area contributed by atoms with Gasteiger partial charge in [-0.2, -0.15) is 9.78 Å². The Morgan fingerprint density at radius 3 is 1.98 bits per heavy atom. The highest BCUT2D eigenvalue weighted by Crippen LogP contribution is 2.46. The summed E-state index contributed by atoms with van der Waals surface area (Å²) in [4.78, 5) is 25.1. The molecule has 5 rings (SSSR count). The predicted molar refractivity (Wildman–Crippen MR) is 165 cm³/mol. The third-order valence-corrected chi connectivity index (χ3v) is 6.81. The van der Waals surface area contributed by atoms with E-state index in [-0.39, 0.29) is 11.8 Å². The molecule has 10 heteroatoms. The largest absolute Gasteiger partial charge is 0.493 e. The second-order valence-corrected chi connectivity index (χ2v) is 9.76. The zero-order valence-electron chi connectivity index (χ0n) is 23.9. The highest BCUT2D eigenvalue weighted by atomic mass is 35.5. The highest BCUT2D eigenvalue weighted by molar-refractivity contribution is 6.30. The molecule has 0 aliphatic heterocycles. The minimum atomic E-state index is -0.512. The molecule has 1 aromatic heterocycles. The van der Waals surface area contributed by atoms with Crippen LogP contribution < -0.4 is 24.3 Å². The Labute approximate surface area is 253 Å². The second kappa shape index (κ2) is 12.7. The molecule has 0 fully saturated rings. The number of para-hydroxylation sites is 1. The standard InChI is InChI=1S/C33H28ClN3O6/c1-20(38)43-33-29(21-12-16-25(17-13-21)35-32(39)22-10-14-24(34)15-11-22)30(36-37(33)26-8-6-5-7-9-26)23-18-27(40-2)31(42-4)28(19-23)41-3/h5-19H,1-4H3,(H,35,39). The van der Waals surface area contributed by atoms with Crippen LogP contribution in [0.1, 0.15) is 17.3 Å². The lowest BCUT2D eigenvalue weighted by atomic mass is 10.00. The molecule has 43 heavy (non-hydrogen) atoms. The maximum Gasteiger partial charge on any atom is 0.309 e. The number of ether oxygens (including phenoxy) is 4. The van der Waals surface area contributed by atoms with Crippen molar-refractivity contribution < 1.29 is 28.5 Å². The number of hydrogen-bond donors (Lipinski definition) is 1. The Morgan fingerprint density at radius 2 is 1.42 bits per heavy atom. The summed E-state index contributed by atoms with van der Waals surface area (Å²) in [7, 11) is 4.60. The summed E-state index contributed by atoms with van der Waals surface area (Å²) >= 11 is 5.95. The van der Waals surface area contributed by atoms with Gasteiger partial charge in [0, 0.05) is 28.8 Å². The topological polar surface area (TPSA) is 101 Å². The number of aromatic nitrogens is 2. The lowest BCUT2D eigenvalue weighted by Crippen LogP contribution is -2.11. The van der Waals surface area contributed by atoms with Gasteiger partial charge in [-0.15, -0.1) is 0 Å². The second-order valence-electron chi connectivity index (χ2n) is 9.32. The Kier molecular flexibility index (Phi) is 8.64. The van der Waals surface area contributed by atoms with Crippen LogP contribution in [0, 0.1) is 0 Å². The number of nitrogens with zero attached hydrogens (tertiary/aromatic N) is 2. The summed E-state index contributed by atoms with van der Waals surface area (Å²) in [5.41, 5.74) is 4.09. The van der Waals surface area contributed by atoms with Crippen molar-refractivity contribution in [2.75, 3.05) is 26.6 Å². The van der Waals surface area contributed by atoms with E-state index >= 15 is 0 Å². The van der Waals surface area contributed by atoms with Gasteiger partial charge in [0.25, 0.3) is 5.91 Å². The maximum atomic E-state index is 12.8. The van der Waals surface area contributed by atoms with E-state index in [1.54, 1.807) is 53.2 Å². The number of esters is 1. The van der Waals surface area contributed by atoms with Gasteiger partial charge >= 0.3 is 5.97 Å². The van der Waals surface area contributed by atoms with E-state index in [1.165, 1.54) is 28.3 Å². The number of benzene rings is 4. The van der Waals surface area contributed by atoms with Gasteiger partial charge in [0.05, 0.1) is 32.6 Å². The number of nitrogens with one attached hydrogen (secondary N) is 1. The van der Waals surface area contributed by atoms with Crippen LogP contribution in [0.4, 0.5) is 5.69 Å². The van der Waals surface area contributed by atoms with E-state index in [9.17, 15) is 9.59 Å². The van der Waals surface area contributed by atoms with Crippen LogP contribution in [-0.2, 0) is 4.79 Å². The zero-order valence-corrected chi connectivity index (χ0v) is 24.6. The number of rotatable bonds is 9. The minimum absolute atomic E-state index is 0.223. The third kappa shape index (κ3) is 6.17. The van der Waals surface area contributed by atoms with Crippen LogP contribution >= 0.6 is 11.6 Å². The molecule has 0 bridgehead atoms. The van der Waals surface area contributed by atoms with E-state index < -0.39 is 5.97 Å². The van der Waals surface area contributed by atoms with Gasteiger partial charge in [0.2, 0.25) is 11.6 Å². The molecule has 1 N–H and O–H groups in total. The van der Waals surface area contributed by atoms with Gasteiger partial charge in [-0.25, -0.2) is 0 Å². The molecule has 1 heterocycles. The van der Waals surface area contributed by atoms with Crippen LogP contribution in [0.15, 0.2) is 91.0 Å². The lowest BCUT2D eigenvalue weighted by molar-refractivity contribution is -0.132. The highest BCUT2D eigenvalue weighted by Gasteiger charge is 2.26. The summed E-state index contributed by atoms with van der Waals surface area (Å²) < 4.78 is 24.1. The van der Waals surface area contributed by atoms with E-state index in [2.05, 4.69) is 5.32 Å². The molecule has 0 atom stereocenters. The van der Waals surface area contributed by atoms with Gasteiger partial charge in [0.15, 0.2) is 11.5 Å². The average molecular weight is 598 g/mol. The average Bonchev–Trinajstić information content (AvgIpc) is 3.39. The number of amides is 1. The summed E-state index contributed by atoms with van der Waals surface area (Å²) in [6, 6.07) is 26.7. The molecule has 0 aliphatic carbocycles. The van der Waals surface area contributed by atoms with Crippen LogP contribution in [0.3, 0.4) is 0 Å². The first kappa shape index (κ1) is 29.2. The molecule has 0 spiro atoms. The van der Waals surface area contributed by atoms with Crippen molar-refractivity contribution in [3.63, 3.8) is 0 Å². The van der Waals surface area contributed by atoms with Gasteiger partial charge in [-0.1, -0.05) is 41.9 Å². The maximum absolute atomic E-state index is 12.8. The molecule has 0 aliphatic rings. The number of anilines is 1. The first-order valence-electron chi connectivity index (χ1n) is 13.2. The first-order chi connectivity index (χ1) is 20.8. The van der Waals surface area contributed by atoms with E-state index in [4.69, 9.17) is 35.6 Å². The fourth-order valence-corrected chi connectivity index (χ4v) is 4.71. The predicted octanol–water partition coefficient (Wildman–Crippen LogP) is 7.06. The van der Waals surface area contributed by atoms with Gasteiger partial charge < -0.3 is 24.3 Å². The van der Waals surface area contributed by atoms with Crippen molar-refractivity contribution in [2.24, 2.45) is 0 Å². The molecule has 9 nitrogen and oxygen atoms in total. The number of carbonyl (C=O) groups is 2. The molecule has 218 valence electrons. The number of hydrogen-bond acceptors (Lipinski definition) is 7. The Balaban J connectivity index is 1.66. The summed E-state index contributed by atoms with van der Waals surface area (Å²) in [5.74, 6) is 0.735. The Hall–Kier alpha value is -5.28. The van der Waals surface area contributed by atoms with Crippen molar-refractivity contribution in [2.45, 2.75) is 6.92 Å². The Bertz CT molecular complexity index is 1740. The quantitative estimate of drug-likeness (QED) is 0.181. The van der Waals surface area contributed by atoms with E-state index in [0.717, 1.165) is 0 Å². The third-order valence-electron chi connectivity index (χ3n) is 6.56. The summed E-state index contributed by atoms with van der Waals surface area (Å²) in [6.45, 7) is 1.33. The molecule has 4 aromatic carbocycles. The van der Waals surface area contributed by atoms with Gasteiger partial charge in [-0.3, -0.25) is 9.59 Å². The molecule has 0 radical (unpaired) electrons. The lowest BCUT2D eigenvalue weighted by Gasteiger charge is -2.14. The van der Waals surface area contributed by atoms with E-state index in [0.29, 0.717) is 61.6 Å². The van der Waals surface area contributed by atoms with Crippen LogP contribution in [0.2, 0.25) is 5.02 Å². The molecule has 0 saturated carbocycles. The van der Waals surface area contributed by atoms with Gasteiger partial charge in [0.1, 0.15) is 5.69 Å². The Morgan fingerprint density at radius 1 is 0.791 bits per heavy atom. The van der Waals surface area contributed by atoms with Crippen molar-refractivity contribution in [3.8, 4) is 51.2 Å². The summed E-state index contributed by atoms with van der Waals surface area (Å²) in [6.07, 6.45) is 0. The van der Waals surface area contributed by atoms with Crippen LogP contribution in [0.25, 0.3) is 28.1 Å². The number of carbonyl (C=O) groups excluding carboxylic acids is 2. The van der Waals surface area contributed by atoms with Crippen molar-refractivity contribution in [3.05, 3.63) is 102 Å². The molecule has 0 unspecified atom stereocenters. The number of halogens is 1. The zero-order chi connectivity index (χ0) is 30.5. The minimum Gasteiger partial charge on any atom is -0.493 e. The molecule has 0 saturated heterocycles. The smallest absolute Gasteiger partial charge is 0.309 e. The molecular formula is C33H28ClN3O6. The monoisotopic (exact) mass is 597 g/mol. The van der Waals surface area contributed by atoms with Gasteiger partial charge in [-0.05, 0) is 66.2 Å². The van der Waals surface area contributed by atoms with Crippen LogP contribution in [-0.4, -0.2) is 43.0 Å². The van der Waals surface area contributed by atoms with E-state index in [1.807, 2.05) is 42.5 Å². The number of methoxy groups -OCH3 is 3. The van der Waals surface area contributed by atoms with Crippen molar-refractivity contribution >= 4 is 29.2 Å². The fourth-order valence-electron chi connectivity index (χ4n) is 4.58. The summed E-state index contributed by atoms with van der Waals surface area (Å²) in [5, 5.41) is 8.34. The molecule has 1 amide bonds. The fraction of sp³-hybridized carbons (Fsp3) is 0.121. The normalized spacial score (nSPS) is 10.6. The molecular weight excluding hydrogens is 570 g/mol. The van der Waals surface area contributed by atoms with Crippen LogP contribution in [0.5, 0.6) is 23.1 Å². The van der Waals surface area contributed by atoms with Crippen molar-refractivity contribution in [1.82, 2.24) is 9.78 Å². The first-order valence-corrected chi connectivity index (χ1v) is 13.5. The van der Waals surface area contributed by atoms with Crippen molar-refractivity contribution in [1.29, 1.82) is 0 Å².